The lowest BCUT2D eigenvalue weighted by Gasteiger charge is -2.27. The van der Waals surface area contributed by atoms with Gasteiger partial charge in [-0.05, 0) is 77.2 Å². The molecule has 1 aromatic heterocycles. The van der Waals surface area contributed by atoms with Gasteiger partial charge in [0.25, 0.3) is 11.8 Å². The van der Waals surface area contributed by atoms with Gasteiger partial charge in [0, 0.05) is 40.7 Å². The molecule has 6 aromatic rings. The highest BCUT2D eigenvalue weighted by Gasteiger charge is 2.30. The Morgan fingerprint density at radius 2 is 1.57 bits per heavy atom. The summed E-state index contributed by atoms with van der Waals surface area (Å²) in [6.45, 7) is 4.05. The Morgan fingerprint density at radius 1 is 0.857 bits per heavy atom. The van der Waals surface area contributed by atoms with Crippen LogP contribution in [-0.4, -0.2) is 47.5 Å². The number of hydrogen-bond donors (Lipinski definition) is 3. The highest BCUT2D eigenvalue weighted by molar-refractivity contribution is 8.00. The molecule has 3 amide bonds. The molecule has 282 valence electrons. The van der Waals surface area contributed by atoms with E-state index in [1.54, 1.807) is 55.5 Å². The lowest BCUT2D eigenvalue weighted by molar-refractivity contribution is -0.115. The van der Waals surface area contributed by atoms with E-state index < -0.39 is 23.0 Å². The standard InChI is InChI=1S/C45H40N4O5S2/c1-29(41(50)48-44-40(45(53)54-2)37-23-24-49(28-39(37)56-44)27-30-13-5-3-6-14-30)55-35-21-12-20-34(26-35)46-43(52)38(47-42(51)32-16-7-4-8-17-32)25-33-19-11-18-31-15-9-10-22-36(31)33/h3-22,25-26,29H,23-24,27-28H2,1-2H3,(H,46,52)(H,47,51)(H,48,50)/b38-25+. The number of methoxy groups -OCH3 is 1. The predicted molar refractivity (Wildman–Crippen MR) is 225 cm³/mol. The number of hydrogen-bond acceptors (Lipinski definition) is 8. The second kappa shape index (κ2) is 17.6. The number of nitrogens with one attached hydrogen (secondary N) is 3. The molecule has 56 heavy (non-hydrogen) atoms. The fourth-order valence-corrected chi connectivity index (χ4v) is 8.84. The van der Waals surface area contributed by atoms with Crippen molar-refractivity contribution in [3.05, 3.63) is 166 Å². The summed E-state index contributed by atoms with van der Waals surface area (Å²) < 4.78 is 5.15. The highest BCUT2D eigenvalue weighted by atomic mass is 32.2. The molecule has 0 radical (unpaired) electrons. The van der Waals surface area contributed by atoms with Crippen LogP contribution in [0.25, 0.3) is 16.8 Å². The lowest BCUT2D eigenvalue weighted by Crippen LogP contribution is -2.30. The molecular formula is C45H40N4O5S2. The molecule has 1 aliphatic rings. The van der Waals surface area contributed by atoms with Crippen LogP contribution >= 0.6 is 23.1 Å². The van der Waals surface area contributed by atoms with Crippen LogP contribution in [0.5, 0.6) is 0 Å². The van der Waals surface area contributed by atoms with Crippen LogP contribution in [0, 0.1) is 0 Å². The second-order valence-electron chi connectivity index (χ2n) is 13.3. The smallest absolute Gasteiger partial charge is 0.341 e. The van der Waals surface area contributed by atoms with Gasteiger partial charge < -0.3 is 20.7 Å². The summed E-state index contributed by atoms with van der Waals surface area (Å²) in [5.74, 6) is -1.65. The Balaban J connectivity index is 1.05. The molecule has 0 saturated heterocycles. The third-order valence-corrected chi connectivity index (χ3v) is 11.7. The lowest BCUT2D eigenvalue weighted by atomic mass is 10.0. The third-order valence-electron chi connectivity index (χ3n) is 9.44. The second-order valence-corrected chi connectivity index (χ2v) is 15.8. The first-order valence-electron chi connectivity index (χ1n) is 18.2. The third kappa shape index (κ3) is 9.09. The van der Waals surface area contributed by atoms with Crippen molar-refractivity contribution in [1.29, 1.82) is 0 Å². The van der Waals surface area contributed by atoms with Gasteiger partial charge in [-0.15, -0.1) is 23.1 Å². The van der Waals surface area contributed by atoms with E-state index in [2.05, 4.69) is 33.0 Å². The van der Waals surface area contributed by atoms with Gasteiger partial charge in [-0.1, -0.05) is 97.1 Å². The van der Waals surface area contributed by atoms with Crippen LogP contribution in [0.2, 0.25) is 0 Å². The van der Waals surface area contributed by atoms with Gasteiger partial charge in [0.1, 0.15) is 10.7 Å². The molecule has 1 unspecified atom stereocenters. The number of thiophene rings is 1. The quantitative estimate of drug-likeness (QED) is 0.0646. The van der Waals surface area contributed by atoms with Crippen LogP contribution in [0.4, 0.5) is 10.7 Å². The molecule has 0 bridgehead atoms. The fraction of sp³-hybridized carbons (Fsp3) is 0.156. The van der Waals surface area contributed by atoms with Crippen molar-refractivity contribution in [2.24, 2.45) is 0 Å². The number of anilines is 2. The molecule has 1 aliphatic heterocycles. The molecule has 2 heterocycles. The van der Waals surface area contributed by atoms with Gasteiger partial charge in [-0.2, -0.15) is 0 Å². The normalized spacial score (nSPS) is 13.4. The number of rotatable bonds is 12. The largest absolute Gasteiger partial charge is 0.465 e. The Hall–Kier alpha value is -6.01. The van der Waals surface area contributed by atoms with E-state index in [0.717, 1.165) is 44.8 Å². The van der Waals surface area contributed by atoms with E-state index >= 15 is 0 Å². The Morgan fingerprint density at radius 3 is 2.36 bits per heavy atom. The maximum absolute atomic E-state index is 13.9. The van der Waals surface area contributed by atoms with Gasteiger partial charge in [-0.25, -0.2) is 4.79 Å². The molecule has 0 fully saturated rings. The Bertz CT molecular complexity index is 2420. The van der Waals surface area contributed by atoms with Crippen molar-refractivity contribution in [2.45, 2.75) is 36.6 Å². The average molecular weight is 781 g/mol. The van der Waals surface area contributed by atoms with Crippen molar-refractivity contribution in [1.82, 2.24) is 10.2 Å². The first kappa shape index (κ1) is 38.3. The van der Waals surface area contributed by atoms with Crippen LogP contribution in [0.3, 0.4) is 0 Å². The van der Waals surface area contributed by atoms with Crippen molar-refractivity contribution >= 4 is 74.3 Å². The van der Waals surface area contributed by atoms with Gasteiger partial charge in [-0.3, -0.25) is 19.3 Å². The molecular weight excluding hydrogens is 741 g/mol. The van der Waals surface area contributed by atoms with Gasteiger partial charge in [0.05, 0.1) is 17.9 Å². The SMILES string of the molecule is COC(=O)c1c(NC(=O)C(C)Sc2cccc(NC(=O)/C(=C\c3cccc4ccccc34)NC(=O)c3ccccc3)c2)sc2c1CCN(Cc1ccccc1)C2. The van der Waals surface area contributed by atoms with Gasteiger partial charge in [0.2, 0.25) is 5.91 Å². The predicted octanol–water partition coefficient (Wildman–Crippen LogP) is 8.78. The van der Waals surface area contributed by atoms with Crippen LogP contribution in [0.15, 0.2) is 138 Å². The fourth-order valence-electron chi connectivity index (χ4n) is 6.63. The number of carbonyl (C=O) groups excluding carboxylic acids is 4. The van der Waals surface area contributed by atoms with Crippen molar-refractivity contribution in [3.8, 4) is 0 Å². The van der Waals surface area contributed by atoms with E-state index in [1.165, 1.54) is 35.8 Å². The molecule has 5 aromatic carbocycles. The van der Waals surface area contributed by atoms with Crippen molar-refractivity contribution in [2.75, 3.05) is 24.3 Å². The number of benzene rings is 5. The number of ether oxygens (including phenoxy) is 1. The van der Waals surface area contributed by atoms with E-state index in [-0.39, 0.29) is 11.6 Å². The summed E-state index contributed by atoms with van der Waals surface area (Å²) in [4.78, 5) is 57.9. The minimum absolute atomic E-state index is 0.0734. The number of carbonyl (C=O) groups is 4. The topological polar surface area (TPSA) is 117 Å². The van der Waals surface area contributed by atoms with E-state index in [1.807, 2.05) is 72.8 Å². The summed E-state index contributed by atoms with van der Waals surface area (Å²) in [5.41, 5.74) is 4.33. The summed E-state index contributed by atoms with van der Waals surface area (Å²) in [5, 5.41) is 10.7. The molecule has 0 saturated carbocycles. The maximum Gasteiger partial charge on any atom is 0.341 e. The first-order valence-corrected chi connectivity index (χ1v) is 19.9. The van der Waals surface area contributed by atoms with E-state index in [4.69, 9.17) is 4.74 Å². The van der Waals surface area contributed by atoms with Crippen molar-refractivity contribution in [3.63, 3.8) is 0 Å². The molecule has 3 N–H and O–H groups in total. The maximum atomic E-state index is 13.9. The number of esters is 1. The van der Waals surface area contributed by atoms with Crippen molar-refractivity contribution < 1.29 is 23.9 Å². The van der Waals surface area contributed by atoms with Crippen LogP contribution in [-0.2, 0) is 33.8 Å². The van der Waals surface area contributed by atoms with Crippen LogP contribution in [0.1, 0.15) is 49.2 Å². The zero-order valence-corrected chi connectivity index (χ0v) is 32.5. The molecule has 9 nitrogen and oxygen atoms in total. The molecule has 7 rings (SSSR count). The molecule has 1 atom stereocenters. The zero-order chi connectivity index (χ0) is 39.0. The van der Waals surface area contributed by atoms with Crippen LogP contribution < -0.4 is 16.0 Å². The highest BCUT2D eigenvalue weighted by Crippen LogP contribution is 2.39. The number of fused-ring (bicyclic) bond motifs is 2. The summed E-state index contributed by atoms with van der Waals surface area (Å²) in [7, 11) is 1.35. The zero-order valence-electron chi connectivity index (χ0n) is 30.9. The number of amides is 3. The minimum atomic E-state index is -0.549. The number of nitrogens with zero attached hydrogens (tertiary/aromatic N) is 1. The summed E-state index contributed by atoms with van der Waals surface area (Å²) >= 11 is 2.74. The molecule has 0 spiro atoms. The number of thioether (sulfide) groups is 1. The van der Waals surface area contributed by atoms with Gasteiger partial charge >= 0.3 is 5.97 Å². The average Bonchev–Trinajstić information content (AvgIpc) is 3.58. The monoisotopic (exact) mass is 780 g/mol. The molecule has 0 aliphatic carbocycles. The van der Waals surface area contributed by atoms with E-state index in [0.29, 0.717) is 34.8 Å². The first-order chi connectivity index (χ1) is 27.2. The Kier molecular flexibility index (Phi) is 12.1. The van der Waals surface area contributed by atoms with Gasteiger partial charge in [0.15, 0.2) is 0 Å². The van der Waals surface area contributed by atoms with E-state index in [9.17, 15) is 19.2 Å². The molecule has 11 heteroatoms. The minimum Gasteiger partial charge on any atom is -0.465 e. The Labute approximate surface area is 333 Å². The summed E-state index contributed by atoms with van der Waals surface area (Å²) in [6.07, 6.45) is 2.35. The summed E-state index contributed by atoms with van der Waals surface area (Å²) in [6, 6.07) is 39.8.